The van der Waals surface area contributed by atoms with Crippen molar-refractivity contribution < 1.29 is 27.4 Å². The lowest BCUT2D eigenvalue weighted by atomic mass is 9.95. The van der Waals surface area contributed by atoms with Crippen molar-refractivity contribution in [3.8, 4) is 11.5 Å². The van der Waals surface area contributed by atoms with E-state index in [0.717, 1.165) is 6.07 Å². The van der Waals surface area contributed by atoms with E-state index in [0.29, 0.717) is 37.3 Å². The Labute approximate surface area is 158 Å². The van der Waals surface area contributed by atoms with Crippen molar-refractivity contribution in [3.05, 3.63) is 58.4 Å². The predicted molar refractivity (Wildman–Crippen MR) is 92.5 cm³/mol. The number of piperazine rings is 1. The quantitative estimate of drug-likeness (QED) is 0.754. The molecule has 1 aliphatic heterocycles. The Morgan fingerprint density at radius 2 is 1.70 bits per heavy atom. The van der Waals surface area contributed by atoms with E-state index in [2.05, 4.69) is 10.1 Å². The molecule has 2 aromatic carbocycles. The summed E-state index contributed by atoms with van der Waals surface area (Å²) >= 11 is 5.85. The number of phenolic OH excluding ortho intramolecular Hbond substituents is 1. The van der Waals surface area contributed by atoms with Crippen molar-refractivity contribution in [2.24, 2.45) is 0 Å². The zero-order chi connectivity index (χ0) is 19.6. The van der Waals surface area contributed by atoms with Gasteiger partial charge < -0.3 is 15.2 Å². The highest BCUT2D eigenvalue weighted by molar-refractivity contribution is 6.32. The number of alkyl halides is 3. The van der Waals surface area contributed by atoms with Crippen LogP contribution in [0.3, 0.4) is 0 Å². The van der Waals surface area contributed by atoms with Gasteiger partial charge in [-0.15, -0.1) is 13.2 Å². The van der Waals surface area contributed by atoms with Crippen LogP contribution in [0.15, 0.2) is 36.4 Å². The van der Waals surface area contributed by atoms with Crippen LogP contribution >= 0.6 is 11.6 Å². The van der Waals surface area contributed by atoms with Crippen LogP contribution in [0.2, 0.25) is 5.02 Å². The van der Waals surface area contributed by atoms with Gasteiger partial charge in [-0.1, -0.05) is 29.8 Å². The van der Waals surface area contributed by atoms with Crippen molar-refractivity contribution in [2.75, 3.05) is 26.2 Å². The zero-order valence-electron chi connectivity index (χ0n) is 14.1. The van der Waals surface area contributed by atoms with Crippen molar-refractivity contribution in [3.63, 3.8) is 0 Å². The van der Waals surface area contributed by atoms with Gasteiger partial charge in [0.25, 0.3) is 0 Å². The van der Waals surface area contributed by atoms with E-state index in [1.807, 2.05) is 4.90 Å². The number of nitrogens with zero attached hydrogens (tertiary/aromatic N) is 1. The lowest BCUT2D eigenvalue weighted by Gasteiger charge is -2.36. The molecule has 0 bridgehead atoms. The van der Waals surface area contributed by atoms with Gasteiger partial charge >= 0.3 is 6.36 Å². The Bertz CT molecular complexity index is 793. The average Bonchev–Trinajstić information content (AvgIpc) is 2.63. The number of benzene rings is 2. The third kappa shape index (κ3) is 4.63. The maximum Gasteiger partial charge on any atom is 0.573 e. The second-order valence-corrected chi connectivity index (χ2v) is 6.48. The molecule has 146 valence electrons. The van der Waals surface area contributed by atoms with Crippen LogP contribution < -0.4 is 10.1 Å². The average molecular weight is 405 g/mol. The van der Waals surface area contributed by atoms with Gasteiger partial charge in [0.15, 0.2) is 0 Å². The molecule has 0 spiro atoms. The molecule has 2 aromatic rings. The first kappa shape index (κ1) is 19.7. The summed E-state index contributed by atoms with van der Waals surface area (Å²) in [6.45, 7) is 2.70. The van der Waals surface area contributed by atoms with Gasteiger partial charge in [-0.3, -0.25) is 4.90 Å². The molecule has 0 aromatic heterocycles. The maximum atomic E-state index is 13.6. The molecule has 4 nitrogen and oxygen atoms in total. The van der Waals surface area contributed by atoms with Gasteiger partial charge in [-0.05, 0) is 23.8 Å². The van der Waals surface area contributed by atoms with E-state index in [1.54, 1.807) is 0 Å². The molecule has 0 radical (unpaired) electrons. The van der Waals surface area contributed by atoms with Crippen molar-refractivity contribution in [1.82, 2.24) is 10.2 Å². The first-order chi connectivity index (χ1) is 12.8. The molecule has 2 N–H and O–H groups in total. The molecule has 1 saturated heterocycles. The zero-order valence-corrected chi connectivity index (χ0v) is 14.8. The van der Waals surface area contributed by atoms with Crippen molar-refractivity contribution in [2.45, 2.75) is 12.4 Å². The Hall–Kier alpha value is -2.03. The lowest BCUT2D eigenvalue weighted by molar-refractivity contribution is -0.274. The summed E-state index contributed by atoms with van der Waals surface area (Å²) in [4.78, 5) is 2.04. The van der Waals surface area contributed by atoms with E-state index in [-0.39, 0.29) is 16.5 Å². The molecule has 9 heteroatoms. The number of nitrogens with one attached hydrogen (secondary N) is 1. The van der Waals surface area contributed by atoms with E-state index in [4.69, 9.17) is 11.6 Å². The first-order valence-electron chi connectivity index (χ1n) is 8.23. The summed E-state index contributed by atoms with van der Waals surface area (Å²) in [5, 5.41) is 13.2. The fourth-order valence-electron chi connectivity index (χ4n) is 3.15. The Morgan fingerprint density at radius 1 is 1.07 bits per heavy atom. The number of hydrogen-bond donors (Lipinski definition) is 2. The van der Waals surface area contributed by atoms with Gasteiger partial charge in [0.05, 0.1) is 6.04 Å². The van der Waals surface area contributed by atoms with Crippen LogP contribution in [-0.4, -0.2) is 42.5 Å². The van der Waals surface area contributed by atoms with E-state index in [1.165, 1.54) is 30.3 Å². The summed E-state index contributed by atoms with van der Waals surface area (Å²) in [6.07, 6.45) is -4.78. The Kier molecular flexibility index (Phi) is 5.78. The molecule has 0 unspecified atom stereocenters. The third-order valence-corrected chi connectivity index (χ3v) is 4.70. The highest BCUT2D eigenvalue weighted by Crippen LogP contribution is 2.40. The third-order valence-electron chi connectivity index (χ3n) is 4.34. The van der Waals surface area contributed by atoms with Crippen LogP contribution in [0.25, 0.3) is 0 Å². The monoisotopic (exact) mass is 404 g/mol. The predicted octanol–water partition coefficient (Wildman–Crippen LogP) is 4.08. The van der Waals surface area contributed by atoms with Gasteiger partial charge in [-0.25, -0.2) is 4.39 Å². The molecular formula is C18H17ClF4N2O2. The number of ether oxygens (including phenoxy) is 1. The molecule has 0 saturated carbocycles. The minimum Gasteiger partial charge on any atom is -0.506 e. The minimum atomic E-state index is -4.78. The van der Waals surface area contributed by atoms with Gasteiger partial charge in [0.1, 0.15) is 22.3 Å². The van der Waals surface area contributed by atoms with Crippen molar-refractivity contribution >= 4 is 11.6 Å². The molecule has 1 fully saturated rings. The number of halogens is 5. The van der Waals surface area contributed by atoms with Crippen molar-refractivity contribution in [1.29, 1.82) is 0 Å². The summed E-state index contributed by atoms with van der Waals surface area (Å²) < 4.78 is 54.7. The fraction of sp³-hybridized carbons (Fsp3) is 0.333. The van der Waals surface area contributed by atoms with Gasteiger partial charge in [0.2, 0.25) is 0 Å². The largest absolute Gasteiger partial charge is 0.573 e. The summed E-state index contributed by atoms with van der Waals surface area (Å²) in [7, 11) is 0. The number of aromatic hydroxyl groups is 1. The smallest absolute Gasteiger partial charge is 0.506 e. The topological polar surface area (TPSA) is 44.7 Å². The summed E-state index contributed by atoms with van der Waals surface area (Å²) in [6, 6.07) is 7.50. The lowest BCUT2D eigenvalue weighted by Crippen LogP contribution is -2.45. The van der Waals surface area contributed by atoms with Crippen LogP contribution in [-0.2, 0) is 0 Å². The molecule has 1 aliphatic rings. The molecule has 0 aliphatic carbocycles. The maximum absolute atomic E-state index is 13.6. The van der Waals surface area contributed by atoms with Crippen LogP contribution in [0, 0.1) is 5.82 Å². The normalized spacial score (nSPS) is 16.9. The standard InChI is InChI=1S/C18H17ClF4N2O2/c19-15-14(20)6-5-13(17(15)26)16(25-9-7-24-8-10-25)11-1-3-12(4-2-11)27-18(21,22)23/h1-6,16,24,26H,7-10H2/t16-/m1/s1. The SMILES string of the molecule is Oc1c([C@@H](c2ccc(OC(F)(F)F)cc2)N2CCNCC2)ccc(F)c1Cl. The molecular weight excluding hydrogens is 388 g/mol. The molecule has 0 amide bonds. The first-order valence-corrected chi connectivity index (χ1v) is 8.61. The number of rotatable bonds is 4. The Morgan fingerprint density at radius 3 is 2.30 bits per heavy atom. The number of phenols is 1. The van der Waals surface area contributed by atoms with E-state index < -0.39 is 18.2 Å². The number of hydrogen-bond acceptors (Lipinski definition) is 4. The second kappa shape index (κ2) is 7.92. The van der Waals surface area contributed by atoms with Crippen LogP contribution in [0.1, 0.15) is 17.2 Å². The van der Waals surface area contributed by atoms with E-state index >= 15 is 0 Å². The van der Waals surface area contributed by atoms with Crippen LogP contribution in [0.5, 0.6) is 11.5 Å². The molecule has 1 atom stereocenters. The Balaban J connectivity index is 1.99. The fourth-order valence-corrected chi connectivity index (χ4v) is 3.33. The molecule has 1 heterocycles. The molecule has 27 heavy (non-hydrogen) atoms. The van der Waals surface area contributed by atoms with Gasteiger partial charge in [-0.2, -0.15) is 0 Å². The minimum absolute atomic E-state index is 0.341. The second-order valence-electron chi connectivity index (χ2n) is 6.10. The highest BCUT2D eigenvalue weighted by atomic mass is 35.5. The highest BCUT2D eigenvalue weighted by Gasteiger charge is 2.32. The summed E-state index contributed by atoms with van der Waals surface area (Å²) in [5.41, 5.74) is 1.01. The van der Waals surface area contributed by atoms with Gasteiger partial charge in [0, 0.05) is 31.7 Å². The molecule has 3 rings (SSSR count). The van der Waals surface area contributed by atoms with Crippen LogP contribution in [0.4, 0.5) is 17.6 Å². The van der Waals surface area contributed by atoms with E-state index in [9.17, 15) is 22.7 Å². The summed E-state index contributed by atoms with van der Waals surface area (Å²) in [5.74, 6) is -1.46.